The van der Waals surface area contributed by atoms with Crippen molar-refractivity contribution in [2.45, 2.75) is 20.0 Å². The lowest BCUT2D eigenvalue weighted by Gasteiger charge is -2.19. The predicted molar refractivity (Wildman–Crippen MR) is 84.7 cm³/mol. The lowest BCUT2D eigenvalue weighted by Crippen LogP contribution is -2.29. The average Bonchev–Trinajstić information content (AvgIpc) is 3.04. The van der Waals surface area contributed by atoms with Crippen molar-refractivity contribution in [1.82, 2.24) is 14.7 Å². The van der Waals surface area contributed by atoms with Crippen LogP contribution in [-0.2, 0) is 20.1 Å². The molecule has 0 aliphatic heterocycles. The van der Waals surface area contributed by atoms with Gasteiger partial charge in [-0.1, -0.05) is 0 Å². The number of carbonyl (C=O) groups excluding carboxylic acids is 1. The Morgan fingerprint density at radius 1 is 1.48 bits per heavy atom. The van der Waals surface area contributed by atoms with Crippen LogP contribution in [0.25, 0.3) is 0 Å². The quantitative estimate of drug-likeness (QED) is 0.906. The zero-order valence-corrected chi connectivity index (χ0v) is 13.6. The number of carbonyl (C=O) groups is 1. The standard InChI is InChI=1S/C13H18N4O2.2ClH/c1-3-17(8-10-6-15-16(2)7-10)13(18)11-4-12(5-14)19-9-11;;/h4,6-7,9H,3,5,8,14H2,1-2H3;2*1H. The summed E-state index contributed by atoms with van der Waals surface area (Å²) in [5.41, 5.74) is 7.00. The molecule has 2 aromatic rings. The molecule has 2 rings (SSSR count). The number of halogens is 2. The van der Waals surface area contributed by atoms with Crippen LogP contribution in [0.15, 0.2) is 29.1 Å². The fourth-order valence-electron chi connectivity index (χ4n) is 1.88. The molecule has 0 bridgehead atoms. The van der Waals surface area contributed by atoms with Crippen molar-refractivity contribution in [1.29, 1.82) is 0 Å². The zero-order valence-electron chi connectivity index (χ0n) is 12.0. The molecule has 0 saturated heterocycles. The number of furan rings is 1. The van der Waals surface area contributed by atoms with Gasteiger partial charge in [0.05, 0.1) is 18.3 Å². The molecule has 8 heteroatoms. The molecule has 0 atom stereocenters. The third-order valence-electron chi connectivity index (χ3n) is 2.90. The van der Waals surface area contributed by atoms with Crippen LogP contribution < -0.4 is 5.73 Å². The van der Waals surface area contributed by atoms with Gasteiger partial charge in [0.15, 0.2) is 0 Å². The number of rotatable bonds is 5. The van der Waals surface area contributed by atoms with Crippen LogP contribution in [0.3, 0.4) is 0 Å². The fourth-order valence-corrected chi connectivity index (χ4v) is 1.88. The maximum Gasteiger partial charge on any atom is 0.257 e. The maximum absolute atomic E-state index is 12.3. The Morgan fingerprint density at radius 2 is 2.19 bits per heavy atom. The molecule has 2 heterocycles. The highest BCUT2D eigenvalue weighted by atomic mass is 35.5. The second-order valence-electron chi connectivity index (χ2n) is 4.35. The van der Waals surface area contributed by atoms with E-state index in [2.05, 4.69) is 5.10 Å². The molecule has 2 N–H and O–H groups in total. The van der Waals surface area contributed by atoms with Crippen LogP contribution >= 0.6 is 24.8 Å². The normalized spacial score (nSPS) is 9.67. The van der Waals surface area contributed by atoms with Crippen LogP contribution in [0.4, 0.5) is 0 Å². The Hall–Kier alpha value is -1.50. The van der Waals surface area contributed by atoms with E-state index in [-0.39, 0.29) is 30.7 Å². The molecule has 0 fully saturated rings. The lowest BCUT2D eigenvalue weighted by atomic mass is 10.2. The summed E-state index contributed by atoms with van der Waals surface area (Å²) in [5.74, 6) is 0.551. The lowest BCUT2D eigenvalue weighted by molar-refractivity contribution is 0.0752. The van der Waals surface area contributed by atoms with E-state index < -0.39 is 0 Å². The second-order valence-corrected chi connectivity index (χ2v) is 4.35. The van der Waals surface area contributed by atoms with Gasteiger partial charge in [-0.15, -0.1) is 24.8 Å². The highest BCUT2D eigenvalue weighted by Crippen LogP contribution is 2.12. The molecule has 0 radical (unpaired) electrons. The molecular formula is C13H20Cl2N4O2. The number of nitrogens with two attached hydrogens (primary N) is 1. The molecule has 118 valence electrons. The summed E-state index contributed by atoms with van der Waals surface area (Å²) in [6.45, 7) is 3.39. The minimum atomic E-state index is -0.0604. The Labute approximate surface area is 136 Å². The largest absolute Gasteiger partial charge is 0.467 e. The van der Waals surface area contributed by atoms with Gasteiger partial charge in [0.2, 0.25) is 0 Å². The van der Waals surface area contributed by atoms with E-state index in [1.807, 2.05) is 20.2 Å². The van der Waals surface area contributed by atoms with E-state index in [9.17, 15) is 4.79 Å². The van der Waals surface area contributed by atoms with Crippen molar-refractivity contribution in [3.8, 4) is 0 Å². The monoisotopic (exact) mass is 334 g/mol. The van der Waals surface area contributed by atoms with Crippen molar-refractivity contribution in [2.75, 3.05) is 6.54 Å². The maximum atomic E-state index is 12.3. The van der Waals surface area contributed by atoms with Crippen molar-refractivity contribution < 1.29 is 9.21 Å². The average molecular weight is 335 g/mol. The highest BCUT2D eigenvalue weighted by molar-refractivity contribution is 5.94. The second kappa shape index (κ2) is 8.71. The third-order valence-corrected chi connectivity index (χ3v) is 2.90. The van der Waals surface area contributed by atoms with Gasteiger partial charge in [-0.05, 0) is 13.0 Å². The minimum Gasteiger partial charge on any atom is -0.467 e. The number of aryl methyl sites for hydroxylation is 1. The summed E-state index contributed by atoms with van der Waals surface area (Å²) in [7, 11) is 1.85. The summed E-state index contributed by atoms with van der Waals surface area (Å²) in [6, 6.07) is 1.69. The van der Waals surface area contributed by atoms with Gasteiger partial charge in [-0.2, -0.15) is 5.10 Å². The number of hydrogen-bond donors (Lipinski definition) is 1. The van der Waals surface area contributed by atoms with Gasteiger partial charge in [0.25, 0.3) is 5.91 Å². The molecule has 1 amide bonds. The molecule has 0 saturated carbocycles. The van der Waals surface area contributed by atoms with Crippen LogP contribution in [0, 0.1) is 0 Å². The van der Waals surface area contributed by atoms with Crippen molar-refractivity contribution in [3.63, 3.8) is 0 Å². The van der Waals surface area contributed by atoms with E-state index in [0.717, 1.165) is 5.56 Å². The number of hydrogen-bond acceptors (Lipinski definition) is 4. The van der Waals surface area contributed by atoms with Crippen LogP contribution in [0.1, 0.15) is 28.6 Å². The van der Waals surface area contributed by atoms with Crippen molar-refractivity contribution >= 4 is 30.7 Å². The van der Waals surface area contributed by atoms with E-state index in [4.69, 9.17) is 10.2 Å². The van der Waals surface area contributed by atoms with Gasteiger partial charge in [0.1, 0.15) is 12.0 Å². The van der Waals surface area contributed by atoms with Gasteiger partial charge in [0, 0.05) is 31.9 Å². The SMILES string of the molecule is CCN(Cc1cnn(C)c1)C(=O)c1coc(CN)c1.Cl.Cl. The van der Waals surface area contributed by atoms with Gasteiger partial charge in [-0.3, -0.25) is 9.48 Å². The molecular weight excluding hydrogens is 315 g/mol. The third kappa shape index (κ3) is 4.77. The minimum absolute atomic E-state index is 0. The first-order valence-corrected chi connectivity index (χ1v) is 6.18. The molecule has 0 unspecified atom stereocenters. The molecule has 0 aliphatic rings. The Bertz CT molecular complexity index is 568. The highest BCUT2D eigenvalue weighted by Gasteiger charge is 2.17. The topological polar surface area (TPSA) is 77.3 Å². The number of nitrogens with zero attached hydrogens (tertiary/aromatic N) is 3. The Kier molecular flexibility index (Phi) is 8.09. The summed E-state index contributed by atoms with van der Waals surface area (Å²) in [6.07, 6.45) is 5.11. The first kappa shape index (κ1) is 19.5. The van der Waals surface area contributed by atoms with Crippen molar-refractivity contribution in [3.05, 3.63) is 41.6 Å². The van der Waals surface area contributed by atoms with E-state index in [1.54, 1.807) is 21.8 Å². The number of aromatic nitrogens is 2. The van der Waals surface area contributed by atoms with Crippen LogP contribution in [0.5, 0.6) is 0 Å². The van der Waals surface area contributed by atoms with Gasteiger partial charge < -0.3 is 15.1 Å². The Morgan fingerprint density at radius 3 is 2.67 bits per heavy atom. The summed E-state index contributed by atoms with van der Waals surface area (Å²) in [4.78, 5) is 14.1. The summed E-state index contributed by atoms with van der Waals surface area (Å²) >= 11 is 0. The Balaban J connectivity index is 0.00000200. The molecule has 2 aromatic heterocycles. The molecule has 0 spiro atoms. The smallest absolute Gasteiger partial charge is 0.257 e. The summed E-state index contributed by atoms with van der Waals surface area (Å²) in [5, 5.41) is 4.10. The predicted octanol–water partition coefficient (Wildman–Crippen LogP) is 1.98. The van der Waals surface area contributed by atoms with E-state index in [1.165, 1.54) is 6.26 Å². The van der Waals surface area contributed by atoms with Crippen LogP contribution in [-0.4, -0.2) is 27.1 Å². The molecule has 21 heavy (non-hydrogen) atoms. The summed E-state index contributed by atoms with van der Waals surface area (Å²) < 4.78 is 6.92. The van der Waals surface area contributed by atoms with Gasteiger partial charge in [-0.25, -0.2) is 0 Å². The van der Waals surface area contributed by atoms with E-state index in [0.29, 0.717) is 31.0 Å². The molecule has 0 aliphatic carbocycles. The number of amides is 1. The fraction of sp³-hybridized carbons (Fsp3) is 0.385. The van der Waals surface area contributed by atoms with Crippen molar-refractivity contribution in [2.24, 2.45) is 12.8 Å². The van der Waals surface area contributed by atoms with Gasteiger partial charge >= 0.3 is 0 Å². The zero-order chi connectivity index (χ0) is 13.8. The first-order chi connectivity index (χ1) is 9.13. The van der Waals surface area contributed by atoms with E-state index >= 15 is 0 Å². The first-order valence-electron chi connectivity index (χ1n) is 6.18. The van der Waals surface area contributed by atoms with Crippen LogP contribution in [0.2, 0.25) is 0 Å². The molecule has 6 nitrogen and oxygen atoms in total. The molecule has 0 aromatic carbocycles.